The van der Waals surface area contributed by atoms with Crippen LogP contribution < -0.4 is 0 Å². The Morgan fingerprint density at radius 3 is 1.76 bits per heavy atom. The van der Waals surface area contributed by atoms with Crippen molar-refractivity contribution in [3.8, 4) is 0 Å². The molecular formula is C16H16O. The van der Waals surface area contributed by atoms with Gasteiger partial charge in [0.2, 0.25) is 0 Å². The number of benzene rings is 2. The van der Waals surface area contributed by atoms with Gasteiger partial charge in [-0.3, -0.25) is 0 Å². The quantitative estimate of drug-likeness (QED) is 0.723. The molecule has 0 amide bonds. The van der Waals surface area contributed by atoms with E-state index in [1.54, 1.807) is 0 Å². The lowest BCUT2D eigenvalue weighted by Crippen LogP contribution is -2.04. The molecule has 1 aliphatic heterocycles. The summed E-state index contributed by atoms with van der Waals surface area (Å²) >= 11 is 0. The molecule has 0 bridgehead atoms. The van der Waals surface area contributed by atoms with Crippen LogP contribution in [0.15, 0.2) is 60.7 Å². The number of rotatable bonds is 4. The first-order valence-electron chi connectivity index (χ1n) is 6.15. The van der Waals surface area contributed by atoms with Gasteiger partial charge >= 0.3 is 0 Å². The Bertz CT molecular complexity index is 420. The summed E-state index contributed by atoms with van der Waals surface area (Å²) in [6.07, 6.45) is 1.55. The summed E-state index contributed by atoms with van der Waals surface area (Å²) in [5, 5.41) is 0. The van der Waals surface area contributed by atoms with Gasteiger partial charge in [-0.05, 0) is 17.5 Å². The maximum atomic E-state index is 5.38. The minimum atomic E-state index is 0.459. The summed E-state index contributed by atoms with van der Waals surface area (Å²) in [6, 6.07) is 21.4. The topological polar surface area (TPSA) is 12.5 Å². The second-order valence-corrected chi connectivity index (χ2v) is 4.56. The Kier molecular flexibility index (Phi) is 2.93. The van der Waals surface area contributed by atoms with Crippen LogP contribution in [0.25, 0.3) is 0 Å². The third kappa shape index (κ3) is 2.56. The molecule has 0 radical (unpaired) electrons. The van der Waals surface area contributed by atoms with Crippen molar-refractivity contribution in [2.75, 3.05) is 6.61 Å². The molecule has 1 saturated heterocycles. The van der Waals surface area contributed by atoms with E-state index in [2.05, 4.69) is 60.7 Å². The summed E-state index contributed by atoms with van der Waals surface area (Å²) in [5.74, 6) is 0.463. The van der Waals surface area contributed by atoms with Crippen molar-refractivity contribution < 1.29 is 4.74 Å². The van der Waals surface area contributed by atoms with E-state index in [0.29, 0.717) is 12.0 Å². The highest BCUT2D eigenvalue weighted by atomic mass is 16.6. The zero-order chi connectivity index (χ0) is 11.5. The summed E-state index contributed by atoms with van der Waals surface area (Å²) in [7, 11) is 0. The van der Waals surface area contributed by atoms with Crippen LogP contribution in [0.4, 0.5) is 0 Å². The molecule has 1 heterocycles. The van der Waals surface area contributed by atoms with E-state index in [-0.39, 0.29) is 0 Å². The van der Waals surface area contributed by atoms with Crippen molar-refractivity contribution in [1.82, 2.24) is 0 Å². The van der Waals surface area contributed by atoms with Crippen LogP contribution in [0.5, 0.6) is 0 Å². The molecule has 0 spiro atoms. The van der Waals surface area contributed by atoms with Gasteiger partial charge in [0, 0.05) is 5.92 Å². The third-order valence-electron chi connectivity index (χ3n) is 3.30. The predicted molar refractivity (Wildman–Crippen MR) is 69.1 cm³/mol. The smallest absolute Gasteiger partial charge is 0.0819 e. The van der Waals surface area contributed by atoms with Crippen LogP contribution in [0.2, 0.25) is 0 Å². The molecule has 86 valence electrons. The van der Waals surface area contributed by atoms with Crippen LogP contribution >= 0.6 is 0 Å². The summed E-state index contributed by atoms with van der Waals surface area (Å²) in [6.45, 7) is 0.927. The van der Waals surface area contributed by atoms with E-state index >= 15 is 0 Å². The van der Waals surface area contributed by atoms with Crippen molar-refractivity contribution in [2.24, 2.45) is 0 Å². The van der Waals surface area contributed by atoms with E-state index in [0.717, 1.165) is 13.0 Å². The molecule has 1 nitrogen and oxygen atoms in total. The minimum absolute atomic E-state index is 0.459. The van der Waals surface area contributed by atoms with Gasteiger partial charge in [0.05, 0.1) is 12.7 Å². The van der Waals surface area contributed by atoms with Crippen LogP contribution in [0.3, 0.4) is 0 Å². The van der Waals surface area contributed by atoms with E-state index in [1.165, 1.54) is 11.1 Å². The van der Waals surface area contributed by atoms with Crippen LogP contribution in [0.1, 0.15) is 23.5 Å². The highest BCUT2D eigenvalue weighted by Crippen LogP contribution is 2.32. The lowest BCUT2D eigenvalue weighted by molar-refractivity contribution is 0.388. The summed E-state index contributed by atoms with van der Waals surface area (Å²) < 4.78 is 5.38. The average Bonchev–Trinajstić information content (AvgIpc) is 3.22. The monoisotopic (exact) mass is 224 g/mol. The van der Waals surface area contributed by atoms with Gasteiger partial charge in [0.15, 0.2) is 0 Å². The average molecular weight is 224 g/mol. The number of hydrogen-bond acceptors (Lipinski definition) is 1. The lowest BCUT2D eigenvalue weighted by atomic mass is 9.87. The molecule has 1 fully saturated rings. The van der Waals surface area contributed by atoms with Gasteiger partial charge in [-0.25, -0.2) is 0 Å². The molecule has 17 heavy (non-hydrogen) atoms. The van der Waals surface area contributed by atoms with Crippen LogP contribution in [-0.2, 0) is 4.74 Å². The van der Waals surface area contributed by atoms with E-state index in [9.17, 15) is 0 Å². The Hall–Kier alpha value is -1.60. The largest absolute Gasteiger partial charge is 0.373 e. The van der Waals surface area contributed by atoms with E-state index in [4.69, 9.17) is 4.74 Å². The standard InChI is InChI=1S/C16H16O/c1-3-7-13(8-4-1)16(11-15-12-17-15)14-9-5-2-6-10-14/h1-10,15-16H,11-12H2. The number of hydrogen-bond donors (Lipinski definition) is 0. The number of ether oxygens (including phenoxy) is 1. The molecule has 1 aliphatic rings. The maximum absolute atomic E-state index is 5.38. The van der Waals surface area contributed by atoms with E-state index < -0.39 is 0 Å². The third-order valence-corrected chi connectivity index (χ3v) is 3.30. The van der Waals surface area contributed by atoms with Crippen molar-refractivity contribution in [2.45, 2.75) is 18.4 Å². The van der Waals surface area contributed by atoms with Crippen molar-refractivity contribution in [1.29, 1.82) is 0 Å². The molecule has 1 atom stereocenters. The molecule has 3 rings (SSSR count). The fourth-order valence-corrected chi connectivity index (χ4v) is 2.30. The predicted octanol–water partition coefficient (Wildman–Crippen LogP) is 3.61. The van der Waals surface area contributed by atoms with Gasteiger partial charge in [-0.2, -0.15) is 0 Å². The second-order valence-electron chi connectivity index (χ2n) is 4.56. The van der Waals surface area contributed by atoms with Crippen molar-refractivity contribution >= 4 is 0 Å². The molecule has 0 aromatic heterocycles. The van der Waals surface area contributed by atoms with Gasteiger partial charge < -0.3 is 4.74 Å². The van der Waals surface area contributed by atoms with Gasteiger partial charge in [0.25, 0.3) is 0 Å². The fourth-order valence-electron chi connectivity index (χ4n) is 2.30. The van der Waals surface area contributed by atoms with Crippen LogP contribution in [-0.4, -0.2) is 12.7 Å². The maximum Gasteiger partial charge on any atom is 0.0819 e. The molecule has 1 heteroatoms. The van der Waals surface area contributed by atoms with Crippen molar-refractivity contribution in [3.05, 3.63) is 71.8 Å². The summed E-state index contributed by atoms with van der Waals surface area (Å²) in [5.41, 5.74) is 2.77. The Labute approximate surface area is 102 Å². The number of epoxide rings is 1. The SMILES string of the molecule is c1ccc(C(CC2CO2)c2ccccc2)cc1. The first-order valence-corrected chi connectivity index (χ1v) is 6.15. The molecule has 0 aliphatic carbocycles. The first-order chi connectivity index (χ1) is 8.43. The highest BCUT2D eigenvalue weighted by Gasteiger charge is 2.28. The molecular weight excluding hydrogens is 208 g/mol. The first kappa shape index (κ1) is 10.5. The lowest BCUT2D eigenvalue weighted by Gasteiger charge is -2.16. The Morgan fingerprint density at radius 2 is 1.35 bits per heavy atom. The fraction of sp³-hybridized carbons (Fsp3) is 0.250. The molecule has 2 aromatic rings. The van der Waals surface area contributed by atoms with Gasteiger partial charge in [-0.15, -0.1) is 0 Å². The molecule has 1 unspecified atom stereocenters. The zero-order valence-corrected chi connectivity index (χ0v) is 9.75. The van der Waals surface area contributed by atoms with Crippen LogP contribution in [0, 0.1) is 0 Å². The second kappa shape index (κ2) is 4.72. The minimum Gasteiger partial charge on any atom is -0.373 e. The molecule has 0 N–H and O–H groups in total. The van der Waals surface area contributed by atoms with Crippen molar-refractivity contribution in [3.63, 3.8) is 0 Å². The molecule has 0 saturated carbocycles. The van der Waals surface area contributed by atoms with Gasteiger partial charge in [-0.1, -0.05) is 60.7 Å². The Morgan fingerprint density at radius 1 is 0.882 bits per heavy atom. The highest BCUT2D eigenvalue weighted by molar-refractivity contribution is 5.32. The van der Waals surface area contributed by atoms with E-state index in [1.807, 2.05) is 0 Å². The Balaban J connectivity index is 1.91. The summed E-state index contributed by atoms with van der Waals surface area (Å²) in [4.78, 5) is 0. The zero-order valence-electron chi connectivity index (χ0n) is 9.75. The normalized spacial score (nSPS) is 18.3. The molecule has 2 aromatic carbocycles. The van der Waals surface area contributed by atoms with Gasteiger partial charge in [0.1, 0.15) is 0 Å².